The van der Waals surface area contributed by atoms with Crippen LogP contribution in [0.3, 0.4) is 0 Å². The summed E-state index contributed by atoms with van der Waals surface area (Å²) in [5, 5.41) is 25.4. The minimum atomic E-state index is 0.625. The molecule has 0 aromatic heterocycles. The molecule has 0 heterocycles. The van der Waals surface area contributed by atoms with Gasteiger partial charge < -0.3 is 19.9 Å². The molecule has 138 valence electrons. The zero-order valence-electron chi connectivity index (χ0n) is 15.1. The predicted octanol–water partition coefficient (Wildman–Crippen LogP) is 4.32. The summed E-state index contributed by atoms with van der Waals surface area (Å²) in [6.07, 6.45) is 2.87. The van der Waals surface area contributed by atoms with Crippen molar-refractivity contribution in [3.63, 3.8) is 0 Å². The quantitative estimate of drug-likeness (QED) is 0.303. The van der Waals surface area contributed by atoms with E-state index in [4.69, 9.17) is 9.47 Å². The summed E-state index contributed by atoms with van der Waals surface area (Å²) in [6, 6.07) is 14.8. The fourth-order valence-electron chi connectivity index (χ4n) is 2.66. The molecule has 0 aliphatic rings. The van der Waals surface area contributed by atoms with Crippen LogP contribution in [-0.2, 0) is 0 Å². The van der Waals surface area contributed by atoms with E-state index < -0.39 is 0 Å². The smallest absolute Gasteiger partial charge is 0.118 e. The first kappa shape index (κ1) is 19.3. The van der Waals surface area contributed by atoms with Gasteiger partial charge in [0.05, 0.1) is 25.6 Å². The Bertz CT molecular complexity index is 672. The molecule has 0 saturated heterocycles. The van der Waals surface area contributed by atoms with Crippen LogP contribution >= 0.6 is 0 Å². The average molecular weight is 356 g/mol. The number of unbranched alkanes of at least 4 members (excludes halogenated alkanes) is 1. The highest BCUT2D eigenvalue weighted by atomic mass is 16.5. The van der Waals surface area contributed by atoms with E-state index in [0.717, 1.165) is 35.5 Å². The molecule has 0 bridgehead atoms. The number of rotatable bonds is 9. The summed E-state index contributed by atoms with van der Waals surface area (Å²) in [4.78, 5) is 0. The SMILES string of the molecule is COc1ccc(/C(CCCC/C(=N\O)c2ccc(OC)cc2)=N/O)cc1. The highest BCUT2D eigenvalue weighted by Crippen LogP contribution is 2.17. The van der Waals surface area contributed by atoms with Crippen molar-refractivity contribution in [3.8, 4) is 11.5 Å². The van der Waals surface area contributed by atoms with Crippen LogP contribution < -0.4 is 9.47 Å². The normalized spacial score (nSPS) is 12.1. The largest absolute Gasteiger partial charge is 0.497 e. The maximum Gasteiger partial charge on any atom is 0.118 e. The Hall–Kier alpha value is -3.02. The van der Waals surface area contributed by atoms with E-state index in [-0.39, 0.29) is 0 Å². The van der Waals surface area contributed by atoms with Crippen molar-refractivity contribution < 1.29 is 19.9 Å². The van der Waals surface area contributed by atoms with E-state index in [1.54, 1.807) is 14.2 Å². The van der Waals surface area contributed by atoms with Crippen LogP contribution in [-0.4, -0.2) is 36.1 Å². The first-order valence-electron chi connectivity index (χ1n) is 8.42. The monoisotopic (exact) mass is 356 g/mol. The molecule has 0 fully saturated rings. The molecule has 2 aromatic rings. The van der Waals surface area contributed by atoms with Crippen molar-refractivity contribution in [1.29, 1.82) is 0 Å². The number of ether oxygens (including phenoxy) is 2. The molecule has 2 rings (SSSR count). The number of benzene rings is 2. The van der Waals surface area contributed by atoms with Gasteiger partial charge in [-0.25, -0.2) is 0 Å². The van der Waals surface area contributed by atoms with Crippen LogP contribution in [0.1, 0.15) is 36.8 Å². The van der Waals surface area contributed by atoms with Gasteiger partial charge in [0.25, 0.3) is 0 Å². The third-order valence-corrected chi connectivity index (χ3v) is 4.17. The van der Waals surface area contributed by atoms with Gasteiger partial charge in [0.15, 0.2) is 0 Å². The molecule has 2 aromatic carbocycles. The molecule has 0 unspecified atom stereocenters. The maximum atomic E-state index is 9.27. The second-order valence-electron chi connectivity index (χ2n) is 5.76. The van der Waals surface area contributed by atoms with Gasteiger partial charge in [-0.15, -0.1) is 0 Å². The highest BCUT2D eigenvalue weighted by Gasteiger charge is 2.08. The zero-order valence-corrected chi connectivity index (χ0v) is 15.1. The first-order chi connectivity index (χ1) is 12.7. The van der Waals surface area contributed by atoms with Crippen LogP contribution in [0.5, 0.6) is 11.5 Å². The van der Waals surface area contributed by atoms with Crippen molar-refractivity contribution in [2.24, 2.45) is 10.3 Å². The first-order valence-corrected chi connectivity index (χ1v) is 8.42. The summed E-state index contributed by atoms with van der Waals surface area (Å²) < 4.78 is 10.3. The molecule has 0 aliphatic carbocycles. The van der Waals surface area contributed by atoms with Crippen molar-refractivity contribution >= 4 is 11.4 Å². The Labute approximate surface area is 153 Å². The van der Waals surface area contributed by atoms with Crippen LogP contribution in [0, 0.1) is 0 Å². The van der Waals surface area contributed by atoms with E-state index in [1.165, 1.54) is 0 Å². The number of hydrogen-bond donors (Lipinski definition) is 2. The molecule has 0 aliphatic heterocycles. The van der Waals surface area contributed by atoms with Crippen molar-refractivity contribution in [3.05, 3.63) is 59.7 Å². The van der Waals surface area contributed by atoms with Crippen molar-refractivity contribution in [2.75, 3.05) is 14.2 Å². The Kier molecular flexibility index (Phi) is 7.49. The molecule has 26 heavy (non-hydrogen) atoms. The van der Waals surface area contributed by atoms with Crippen LogP contribution in [0.15, 0.2) is 58.8 Å². The lowest BCUT2D eigenvalue weighted by molar-refractivity contribution is 0.316. The fraction of sp³-hybridized carbons (Fsp3) is 0.300. The second kappa shape index (κ2) is 10.1. The minimum absolute atomic E-state index is 0.625. The lowest BCUT2D eigenvalue weighted by Crippen LogP contribution is -2.04. The summed E-state index contributed by atoms with van der Waals surface area (Å²) >= 11 is 0. The molecular weight excluding hydrogens is 332 g/mol. The van der Waals surface area contributed by atoms with E-state index in [1.807, 2.05) is 48.5 Å². The van der Waals surface area contributed by atoms with Gasteiger partial charge in [0.2, 0.25) is 0 Å². The third-order valence-electron chi connectivity index (χ3n) is 4.17. The molecule has 2 N–H and O–H groups in total. The molecule has 0 amide bonds. The lowest BCUT2D eigenvalue weighted by atomic mass is 10.0. The third kappa shape index (κ3) is 5.24. The molecule has 6 heteroatoms. The summed E-state index contributed by atoms with van der Waals surface area (Å²) in [7, 11) is 3.22. The summed E-state index contributed by atoms with van der Waals surface area (Å²) in [5.74, 6) is 1.52. The minimum Gasteiger partial charge on any atom is -0.497 e. The predicted molar refractivity (Wildman–Crippen MR) is 101 cm³/mol. The Morgan fingerprint density at radius 1 is 0.692 bits per heavy atom. The summed E-state index contributed by atoms with van der Waals surface area (Å²) in [6.45, 7) is 0. The van der Waals surface area contributed by atoms with Crippen molar-refractivity contribution in [1.82, 2.24) is 0 Å². The van der Waals surface area contributed by atoms with Crippen LogP contribution in [0.2, 0.25) is 0 Å². The zero-order chi connectivity index (χ0) is 18.8. The van der Waals surface area contributed by atoms with E-state index >= 15 is 0 Å². The number of nitrogens with zero attached hydrogens (tertiary/aromatic N) is 2. The van der Waals surface area contributed by atoms with Gasteiger partial charge in [0, 0.05) is 0 Å². The molecule has 6 nitrogen and oxygen atoms in total. The Morgan fingerprint density at radius 2 is 1.04 bits per heavy atom. The fourth-order valence-corrected chi connectivity index (χ4v) is 2.66. The van der Waals surface area contributed by atoms with Crippen molar-refractivity contribution in [2.45, 2.75) is 25.7 Å². The molecule has 0 radical (unpaired) electrons. The van der Waals surface area contributed by atoms with Gasteiger partial charge in [0.1, 0.15) is 11.5 Å². The second-order valence-corrected chi connectivity index (χ2v) is 5.76. The van der Waals surface area contributed by atoms with E-state index in [2.05, 4.69) is 10.3 Å². The van der Waals surface area contributed by atoms with Gasteiger partial charge >= 0.3 is 0 Å². The summed E-state index contributed by atoms with van der Waals surface area (Å²) in [5.41, 5.74) is 2.97. The molecular formula is C20H24N2O4. The standard InChI is InChI=1S/C20H24N2O4/c1-25-17-11-7-15(8-12-17)19(21-23)5-3-4-6-20(22-24)16-9-13-18(26-2)14-10-16/h7-14,23-24H,3-6H2,1-2H3/b21-19+,22-20+. The molecule has 0 atom stereocenters. The van der Waals surface area contributed by atoms with E-state index in [0.29, 0.717) is 24.3 Å². The van der Waals surface area contributed by atoms with Crippen LogP contribution in [0.25, 0.3) is 0 Å². The topological polar surface area (TPSA) is 83.6 Å². The van der Waals surface area contributed by atoms with E-state index in [9.17, 15) is 10.4 Å². The van der Waals surface area contributed by atoms with Crippen LogP contribution in [0.4, 0.5) is 0 Å². The van der Waals surface area contributed by atoms with Gasteiger partial charge in [-0.05, 0) is 85.3 Å². The number of oxime groups is 2. The number of methoxy groups -OCH3 is 2. The maximum absolute atomic E-state index is 9.27. The Morgan fingerprint density at radius 3 is 1.31 bits per heavy atom. The molecule has 0 spiro atoms. The highest BCUT2D eigenvalue weighted by molar-refractivity contribution is 6.01. The van der Waals surface area contributed by atoms with Gasteiger partial charge in [-0.3, -0.25) is 0 Å². The average Bonchev–Trinajstić information content (AvgIpc) is 2.71. The van der Waals surface area contributed by atoms with Gasteiger partial charge in [-0.2, -0.15) is 0 Å². The Balaban J connectivity index is 1.86. The lowest BCUT2D eigenvalue weighted by Gasteiger charge is -2.08. The van der Waals surface area contributed by atoms with Gasteiger partial charge in [-0.1, -0.05) is 10.3 Å². The number of hydrogen-bond acceptors (Lipinski definition) is 6. The molecule has 0 saturated carbocycles.